The number of pyridine rings is 1. The molecule has 0 radical (unpaired) electrons. The minimum Gasteiger partial charge on any atom is -0.456 e. The van der Waals surface area contributed by atoms with E-state index in [0.717, 1.165) is 88.4 Å². The van der Waals surface area contributed by atoms with E-state index in [4.69, 9.17) is 23.8 Å². The van der Waals surface area contributed by atoms with Crippen LogP contribution in [-0.4, -0.2) is 24.5 Å². The standard InChI is InChI=1S/C50H29N5O2/c1-5-18-40-34(13-1)35-14-2-6-19-41(35)55(40)42-20-7-3-16-38(42)50-53-48(52-49(54-50)32-23-24-37-36-15-4-8-21-43(36)57-46(37)28-32)31-12-9-11-30(27-31)33-17-10-22-45-47(33)39-29-51-26-25-44(39)56-45/h1-29H. The van der Waals surface area contributed by atoms with Crippen LogP contribution < -0.4 is 0 Å². The molecule has 0 fully saturated rings. The summed E-state index contributed by atoms with van der Waals surface area (Å²) in [6.45, 7) is 0. The normalized spacial score (nSPS) is 11.9. The van der Waals surface area contributed by atoms with Gasteiger partial charge in [-0.1, -0.05) is 103 Å². The van der Waals surface area contributed by atoms with Crippen LogP contribution in [0, 0.1) is 0 Å². The first kappa shape index (κ1) is 31.5. The van der Waals surface area contributed by atoms with Gasteiger partial charge in [0.25, 0.3) is 0 Å². The molecule has 5 heterocycles. The van der Waals surface area contributed by atoms with Crippen molar-refractivity contribution in [3.05, 3.63) is 176 Å². The van der Waals surface area contributed by atoms with E-state index in [2.05, 4.69) is 125 Å². The molecule has 0 N–H and O–H groups in total. The maximum Gasteiger partial charge on any atom is 0.166 e. The van der Waals surface area contributed by atoms with Gasteiger partial charge in [-0.15, -0.1) is 0 Å². The van der Waals surface area contributed by atoms with E-state index >= 15 is 0 Å². The molecule has 266 valence electrons. The monoisotopic (exact) mass is 731 g/mol. The minimum atomic E-state index is 0.550. The van der Waals surface area contributed by atoms with Crippen LogP contribution >= 0.6 is 0 Å². The van der Waals surface area contributed by atoms with E-state index in [-0.39, 0.29) is 0 Å². The van der Waals surface area contributed by atoms with Crippen molar-refractivity contribution in [1.29, 1.82) is 0 Å². The second kappa shape index (κ2) is 12.3. The number of fused-ring (bicyclic) bond motifs is 9. The number of rotatable bonds is 5. The predicted octanol–water partition coefficient (Wildman–Crippen LogP) is 12.8. The van der Waals surface area contributed by atoms with Gasteiger partial charge in [0.05, 0.1) is 16.7 Å². The number of furan rings is 2. The molecule has 0 unspecified atom stereocenters. The van der Waals surface area contributed by atoms with Gasteiger partial charge in [-0.2, -0.15) is 0 Å². The first-order chi connectivity index (χ1) is 28.2. The Balaban J connectivity index is 1.09. The lowest BCUT2D eigenvalue weighted by atomic mass is 9.98. The molecular formula is C50H29N5O2. The van der Waals surface area contributed by atoms with Gasteiger partial charge in [0.2, 0.25) is 0 Å². The van der Waals surface area contributed by atoms with Crippen molar-refractivity contribution in [2.24, 2.45) is 0 Å². The van der Waals surface area contributed by atoms with E-state index in [1.807, 2.05) is 54.7 Å². The van der Waals surface area contributed by atoms with E-state index in [1.54, 1.807) is 6.20 Å². The molecule has 57 heavy (non-hydrogen) atoms. The average molecular weight is 732 g/mol. The highest BCUT2D eigenvalue weighted by atomic mass is 16.3. The van der Waals surface area contributed by atoms with Crippen molar-refractivity contribution < 1.29 is 8.83 Å². The van der Waals surface area contributed by atoms with Crippen molar-refractivity contribution in [2.45, 2.75) is 0 Å². The maximum atomic E-state index is 6.33. The highest BCUT2D eigenvalue weighted by molar-refractivity contribution is 6.12. The molecule has 5 aromatic heterocycles. The SMILES string of the molecule is c1cc(-c2nc(-c3ccc4c(c3)oc3ccccc34)nc(-c3ccccc3-n3c4ccccc4c4ccccc43)n2)cc(-c2cccc3oc4ccncc4c23)c1. The summed E-state index contributed by atoms with van der Waals surface area (Å²) in [5.74, 6) is 1.68. The molecule has 0 amide bonds. The predicted molar refractivity (Wildman–Crippen MR) is 228 cm³/mol. The van der Waals surface area contributed by atoms with Gasteiger partial charge in [-0.3, -0.25) is 4.98 Å². The third-order valence-corrected chi connectivity index (χ3v) is 11.0. The first-order valence-electron chi connectivity index (χ1n) is 18.9. The molecular weight excluding hydrogens is 703 g/mol. The molecule has 0 aliphatic carbocycles. The van der Waals surface area contributed by atoms with Gasteiger partial charge in [0.1, 0.15) is 22.3 Å². The largest absolute Gasteiger partial charge is 0.456 e. The quantitative estimate of drug-likeness (QED) is 0.175. The van der Waals surface area contributed by atoms with E-state index in [9.17, 15) is 0 Å². The lowest BCUT2D eigenvalue weighted by Gasteiger charge is -2.15. The number of para-hydroxylation sites is 4. The Kier molecular flexibility index (Phi) is 6.79. The van der Waals surface area contributed by atoms with Crippen molar-refractivity contribution >= 4 is 65.7 Å². The topological polar surface area (TPSA) is 82.8 Å². The Bertz CT molecular complexity index is 3500. The first-order valence-corrected chi connectivity index (χ1v) is 18.9. The van der Waals surface area contributed by atoms with Crippen LogP contribution in [-0.2, 0) is 0 Å². The number of hydrogen-bond acceptors (Lipinski definition) is 6. The van der Waals surface area contributed by atoms with Gasteiger partial charge in [0, 0.05) is 61.4 Å². The molecule has 0 saturated heterocycles. The van der Waals surface area contributed by atoms with Crippen molar-refractivity contribution in [3.63, 3.8) is 0 Å². The van der Waals surface area contributed by atoms with Crippen LogP contribution in [0.25, 0.3) is 117 Å². The van der Waals surface area contributed by atoms with Gasteiger partial charge < -0.3 is 13.4 Å². The average Bonchev–Trinajstić information content (AvgIpc) is 3.96. The van der Waals surface area contributed by atoms with Gasteiger partial charge >= 0.3 is 0 Å². The molecule has 0 atom stereocenters. The van der Waals surface area contributed by atoms with Crippen molar-refractivity contribution in [1.82, 2.24) is 24.5 Å². The summed E-state index contributed by atoms with van der Waals surface area (Å²) in [7, 11) is 0. The summed E-state index contributed by atoms with van der Waals surface area (Å²) in [5, 5.41) is 6.49. The Morgan fingerprint density at radius 3 is 1.82 bits per heavy atom. The minimum absolute atomic E-state index is 0.550. The summed E-state index contributed by atoms with van der Waals surface area (Å²) in [5.41, 5.74) is 11.1. The van der Waals surface area contributed by atoms with Crippen LogP contribution in [0.2, 0.25) is 0 Å². The lowest BCUT2D eigenvalue weighted by molar-refractivity contribution is 0.668. The third kappa shape index (κ3) is 4.92. The lowest BCUT2D eigenvalue weighted by Crippen LogP contribution is -2.03. The Labute approximate surface area is 325 Å². The van der Waals surface area contributed by atoms with Crippen LogP contribution in [0.15, 0.2) is 185 Å². The zero-order valence-electron chi connectivity index (χ0n) is 30.3. The van der Waals surface area contributed by atoms with Gasteiger partial charge in [-0.05, 0) is 71.8 Å². The fraction of sp³-hybridized carbons (Fsp3) is 0. The second-order valence-corrected chi connectivity index (χ2v) is 14.2. The van der Waals surface area contributed by atoms with Crippen LogP contribution in [0.4, 0.5) is 0 Å². The highest BCUT2D eigenvalue weighted by Gasteiger charge is 2.20. The Hall–Kier alpha value is -7.90. The fourth-order valence-electron chi connectivity index (χ4n) is 8.40. The zero-order chi connectivity index (χ0) is 37.5. The molecule has 0 aliphatic rings. The number of benzene rings is 7. The smallest absolute Gasteiger partial charge is 0.166 e. The second-order valence-electron chi connectivity index (χ2n) is 14.2. The molecule has 7 nitrogen and oxygen atoms in total. The molecule has 0 saturated carbocycles. The van der Waals surface area contributed by atoms with E-state index in [1.165, 1.54) is 10.8 Å². The molecule has 0 aliphatic heterocycles. The zero-order valence-corrected chi connectivity index (χ0v) is 30.3. The highest BCUT2D eigenvalue weighted by Crippen LogP contribution is 2.39. The Morgan fingerprint density at radius 2 is 0.982 bits per heavy atom. The Morgan fingerprint density at radius 1 is 0.386 bits per heavy atom. The van der Waals surface area contributed by atoms with Crippen LogP contribution in [0.1, 0.15) is 0 Å². The van der Waals surface area contributed by atoms with E-state index < -0.39 is 0 Å². The molecule has 0 spiro atoms. The third-order valence-electron chi connectivity index (χ3n) is 11.0. The molecule has 0 bridgehead atoms. The fourth-order valence-corrected chi connectivity index (χ4v) is 8.40. The summed E-state index contributed by atoms with van der Waals surface area (Å²) in [4.78, 5) is 20.1. The van der Waals surface area contributed by atoms with E-state index in [0.29, 0.717) is 17.5 Å². The number of hydrogen-bond donors (Lipinski definition) is 0. The summed E-state index contributed by atoms with van der Waals surface area (Å²) >= 11 is 0. The molecule has 7 heteroatoms. The van der Waals surface area contributed by atoms with Gasteiger partial charge in [0.15, 0.2) is 17.5 Å². The maximum absolute atomic E-state index is 6.33. The molecule has 12 rings (SSSR count). The molecule has 7 aromatic carbocycles. The summed E-state index contributed by atoms with van der Waals surface area (Å²) in [6.07, 6.45) is 3.62. The van der Waals surface area contributed by atoms with Gasteiger partial charge in [-0.25, -0.2) is 15.0 Å². The van der Waals surface area contributed by atoms with Crippen molar-refractivity contribution in [2.75, 3.05) is 0 Å². The van der Waals surface area contributed by atoms with Crippen LogP contribution in [0.5, 0.6) is 0 Å². The van der Waals surface area contributed by atoms with Crippen LogP contribution in [0.3, 0.4) is 0 Å². The number of nitrogens with zero attached hydrogens (tertiary/aromatic N) is 5. The summed E-state index contributed by atoms with van der Waals surface area (Å²) < 4.78 is 14.9. The molecule has 12 aromatic rings. The summed E-state index contributed by atoms with van der Waals surface area (Å²) in [6, 6.07) is 56.2. The number of aromatic nitrogens is 5. The van der Waals surface area contributed by atoms with Crippen molar-refractivity contribution in [3.8, 4) is 51.0 Å².